The maximum atomic E-state index is 5.69. The Bertz CT molecular complexity index is 652. The van der Waals surface area contributed by atoms with Crippen LogP contribution in [-0.2, 0) is 6.54 Å². The van der Waals surface area contributed by atoms with Gasteiger partial charge in [0.1, 0.15) is 0 Å². The molecule has 0 aliphatic carbocycles. The Morgan fingerprint density at radius 2 is 1.80 bits per heavy atom. The van der Waals surface area contributed by atoms with Crippen molar-refractivity contribution in [3.05, 3.63) is 54.1 Å². The summed E-state index contributed by atoms with van der Waals surface area (Å²) < 4.78 is 11.1. The van der Waals surface area contributed by atoms with E-state index in [4.69, 9.17) is 9.47 Å². The standard InChI is InChI=1S/C21H28N2O2/c1-3-25-21-15-17(9-10-20(21)24-2)16-23-13-11-19(12-14-23)22-18-7-5-4-6-8-18/h4-10,15,19,22H,3,11-14,16H2,1-2H3. The zero-order valence-corrected chi connectivity index (χ0v) is 15.2. The molecule has 4 heteroatoms. The zero-order valence-electron chi connectivity index (χ0n) is 15.2. The van der Waals surface area contributed by atoms with Gasteiger partial charge in [0.2, 0.25) is 0 Å². The molecule has 0 radical (unpaired) electrons. The molecular weight excluding hydrogens is 312 g/mol. The van der Waals surface area contributed by atoms with Gasteiger partial charge in [-0.15, -0.1) is 0 Å². The Hall–Kier alpha value is -2.20. The van der Waals surface area contributed by atoms with Crippen molar-refractivity contribution in [1.29, 1.82) is 0 Å². The molecule has 1 aliphatic heterocycles. The summed E-state index contributed by atoms with van der Waals surface area (Å²) >= 11 is 0. The van der Waals surface area contributed by atoms with Crippen molar-refractivity contribution in [3.63, 3.8) is 0 Å². The molecule has 0 bridgehead atoms. The number of nitrogens with zero attached hydrogens (tertiary/aromatic N) is 1. The number of methoxy groups -OCH3 is 1. The number of nitrogens with one attached hydrogen (secondary N) is 1. The number of hydrogen-bond donors (Lipinski definition) is 1. The van der Waals surface area contributed by atoms with Crippen LogP contribution in [0.25, 0.3) is 0 Å². The van der Waals surface area contributed by atoms with Crippen LogP contribution < -0.4 is 14.8 Å². The van der Waals surface area contributed by atoms with Gasteiger partial charge in [-0.3, -0.25) is 4.90 Å². The molecule has 4 nitrogen and oxygen atoms in total. The van der Waals surface area contributed by atoms with Crippen molar-refractivity contribution in [2.45, 2.75) is 32.4 Å². The highest BCUT2D eigenvalue weighted by molar-refractivity contribution is 5.44. The van der Waals surface area contributed by atoms with E-state index in [-0.39, 0.29) is 0 Å². The lowest BCUT2D eigenvalue weighted by molar-refractivity contribution is 0.211. The lowest BCUT2D eigenvalue weighted by atomic mass is 10.0. The summed E-state index contributed by atoms with van der Waals surface area (Å²) in [5, 5.41) is 3.64. The molecule has 134 valence electrons. The molecule has 1 saturated heterocycles. The lowest BCUT2D eigenvalue weighted by Gasteiger charge is -2.33. The van der Waals surface area contributed by atoms with E-state index in [2.05, 4.69) is 52.7 Å². The fourth-order valence-corrected chi connectivity index (χ4v) is 3.35. The van der Waals surface area contributed by atoms with E-state index < -0.39 is 0 Å². The largest absolute Gasteiger partial charge is 0.493 e. The molecule has 0 aromatic heterocycles. The second-order valence-electron chi connectivity index (χ2n) is 6.48. The van der Waals surface area contributed by atoms with E-state index in [1.54, 1.807) is 7.11 Å². The molecule has 2 aromatic carbocycles. The third-order valence-corrected chi connectivity index (χ3v) is 4.67. The zero-order chi connectivity index (χ0) is 17.5. The molecular formula is C21H28N2O2. The number of benzene rings is 2. The van der Waals surface area contributed by atoms with Gasteiger partial charge in [0.05, 0.1) is 13.7 Å². The Labute approximate surface area is 150 Å². The second kappa shape index (κ2) is 8.77. The first-order valence-electron chi connectivity index (χ1n) is 9.12. The summed E-state index contributed by atoms with van der Waals surface area (Å²) in [5.74, 6) is 1.64. The van der Waals surface area contributed by atoms with Crippen molar-refractivity contribution in [2.75, 3.05) is 32.1 Å². The SMILES string of the molecule is CCOc1cc(CN2CCC(Nc3ccccc3)CC2)ccc1OC. The molecule has 2 aromatic rings. The summed E-state index contributed by atoms with van der Waals surface area (Å²) in [5.41, 5.74) is 2.50. The number of anilines is 1. The third kappa shape index (κ3) is 4.89. The molecule has 0 saturated carbocycles. The first kappa shape index (κ1) is 17.6. The van der Waals surface area contributed by atoms with Gasteiger partial charge in [-0.05, 0) is 49.6 Å². The average Bonchev–Trinajstić information content (AvgIpc) is 2.65. The molecule has 0 amide bonds. The normalized spacial score (nSPS) is 15.8. The smallest absolute Gasteiger partial charge is 0.161 e. The van der Waals surface area contributed by atoms with Crippen LogP contribution in [-0.4, -0.2) is 37.7 Å². The predicted molar refractivity (Wildman–Crippen MR) is 103 cm³/mol. The van der Waals surface area contributed by atoms with E-state index in [1.807, 2.05) is 13.0 Å². The van der Waals surface area contributed by atoms with Gasteiger partial charge in [-0.1, -0.05) is 24.3 Å². The van der Waals surface area contributed by atoms with Crippen molar-refractivity contribution in [3.8, 4) is 11.5 Å². The van der Waals surface area contributed by atoms with Gasteiger partial charge < -0.3 is 14.8 Å². The Kier molecular flexibility index (Phi) is 6.18. The van der Waals surface area contributed by atoms with E-state index in [0.29, 0.717) is 12.6 Å². The third-order valence-electron chi connectivity index (χ3n) is 4.67. The fraction of sp³-hybridized carbons (Fsp3) is 0.429. The highest BCUT2D eigenvalue weighted by Crippen LogP contribution is 2.29. The lowest BCUT2D eigenvalue weighted by Crippen LogP contribution is -2.38. The Balaban J connectivity index is 1.52. The van der Waals surface area contributed by atoms with E-state index in [0.717, 1.165) is 31.1 Å². The monoisotopic (exact) mass is 340 g/mol. The number of hydrogen-bond acceptors (Lipinski definition) is 4. The molecule has 1 N–H and O–H groups in total. The van der Waals surface area contributed by atoms with Gasteiger partial charge in [0, 0.05) is 31.4 Å². The molecule has 0 atom stereocenters. The van der Waals surface area contributed by atoms with Gasteiger partial charge in [0.25, 0.3) is 0 Å². The number of likely N-dealkylation sites (tertiary alicyclic amines) is 1. The van der Waals surface area contributed by atoms with Gasteiger partial charge >= 0.3 is 0 Å². The Morgan fingerprint density at radius 3 is 2.48 bits per heavy atom. The first-order valence-corrected chi connectivity index (χ1v) is 9.12. The fourth-order valence-electron chi connectivity index (χ4n) is 3.35. The second-order valence-corrected chi connectivity index (χ2v) is 6.48. The number of rotatable bonds is 7. The van der Waals surface area contributed by atoms with Gasteiger partial charge in [0.15, 0.2) is 11.5 Å². The summed E-state index contributed by atoms with van der Waals surface area (Å²) in [7, 11) is 1.68. The van der Waals surface area contributed by atoms with E-state index in [1.165, 1.54) is 24.1 Å². The summed E-state index contributed by atoms with van der Waals surface area (Å²) in [6.07, 6.45) is 2.34. The maximum absolute atomic E-state index is 5.69. The van der Waals surface area contributed by atoms with Crippen LogP contribution >= 0.6 is 0 Å². The maximum Gasteiger partial charge on any atom is 0.161 e. The quantitative estimate of drug-likeness (QED) is 0.820. The number of ether oxygens (including phenoxy) is 2. The number of piperidine rings is 1. The first-order chi connectivity index (χ1) is 12.3. The van der Waals surface area contributed by atoms with Crippen LogP contribution in [0.2, 0.25) is 0 Å². The minimum atomic E-state index is 0.563. The highest BCUT2D eigenvalue weighted by Gasteiger charge is 2.19. The Morgan fingerprint density at radius 1 is 1.04 bits per heavy atom. The van der Waals surface area contributed by atoms with Crippen molar-refractivity contribution < 1.29 is 9.47 Å². The van der Waals surface area contributed by atoms with Crippen LogP contribution in [0.3, 0.4) is 0 Å². The molecule has 1 aliphatic rings. The van der Waals surface area contributed by atoms with Crippen LogP contribution in [0.4, 0.5) is 5.69 Å². The molecule has 3 rings (SSSR count). The topological polar surface area (TPSA) is 33.7 Å². The van der Waals surface area contributed by atoms with Crippen molar-refractivity contribution in [2.24, 2.45) is 0 Å². The molecule has 0 spiro atoms. The summed E-state index contributed by atoms with van der Waals surface area (Å²) in [6.45, 7) is 5.83. The van der Waals surface area contributed by atoms with Gasteiger partial charge in [-0.2, -0.15) is 0 Å². The van der Waals surface area contributed by atoms with Crippen molar-refractivity contribution in [1.82, 2.24) is 4.90 Å². The summed E-state index contributed by atoms with van der Waals surface area (Å²) in [4.78, 5) is 2.51. The molecule has 1 heterocycles. The van der Waals surface area contributed by atoms with Crippen LogP contribution in [0, 0.1) is 0 Å². The number of para-hydroxylation sites is 1. The molecule has 25 heavy (non-hydrogen) atoms. The van der Waals surface area contributed by atoms with Crippen molar-refractivity contribution >= 4 is 5.69 Å². The summed E-state index contributed by atoms with van der Waals surface area (Å²) in [6, 6.07) is 17.3. The van der Waals surface area contributed by atoms with Gasteiger partial charge in [-0.25, -0.2) is 0 Å². The van der Waals surface area contributed by atoms with E-state index >= 15 is 0 Å². The highest BCUT2D eigenvalue weighted by atomic mass is 16.5. The van der Waals surface area contributed by atoms with E-state index in [9.17, 15) is 0 Å². The predicted octanol–water partition coefficient (Wildman–Crippen LogP) is 4.17. The molecule has 1 fully saturated rings. The minimum absolute atomic E-state index is 0.563. The molecule has 0 unspecified atom stereocenters. The minimum Gasteiger partial charge on any atom is -0.493 e. The van der Waals surface area contributed by atoms with Crippen LogP contribution in [0.5, 0.6) is 11.5 Å². The van der Waals surface area contributed by atoms with Crippen LogP contribution in [0.1, 0.15) is 25.3 Å². The average molecular weight is 340 g/mol. The van der Waals surface area contributed by atoms with Crippen LogP contribution in [0.15, 0.2) is 48.5 Å².